The molecule has 3 aromatic carbocycles. The van der Waals surface area contributed by atoms with Crippen LogP contribution in [-0.4, -0.2) is 105 Å². The predicted octanol–water partition coefficient (Wildman–Crippen LogP) is 6.50. The number of aliphatic hydroxyl groups is 1. The largest absolute Gasteiger partial charge is 0.484 e. The molecule has 0 bridgehead atoms. The van der Waals surface area contributed by atoms with Crippen molar-refractivity contribution in [2.45, 2.75) is 98.1 Å². The molecule has 23 heteroatoms. The zero-order valence-corrected chi connectivity index (χ0v) is 44.5. The molecular weight excluding hydrogens is 1020 g/mol. The van der Waals surface area contributed by atoms with Crippen molar-refractivity contribution in [3.8, 4) is 27.4 Å². The van der Waals surface area contributed by atoms with E-state index in [0.29, 0.717) is 24.0 Å². The maximum atomic E-state index is 14.1. The zero-order valence-electron chi connectivity index (χ0n) is 42.9. The molecule has 0 unspecified atom stereocenters. The van der Waals surface area contributed by atoms with Gasteiger partial charge in [-0.1, -0.05) is 63.2 Å². The third-order valence-corrected chi connectivity index (χ3v) is 14.9. The third-order valence-electron chi connectivity index (χ3n) is 12.7. The lowest BCUT2D eigenvalue weighted by Gasteiger charge is -2.35. The molecule has 20 nitrogen and oxygen atoms in total. The number of pyridine rings is 1. The number of β-amino-alcohol motifs (C(OH)–C–C–N with tert-alkyl or cyclic N) is 1. The van der Waals surface area contributed by atoms with Gasteiger partial charge in [-0.15, -0.1) is 11.3 Å². The van der Waals surface area contributed by atoms with E-state index in [9.17, 15) is 41.9 Å². The van der Waals surface area contributed by atoms with Gasteiger partial charge in [0.25, 0.3) is 11.8 Å². The van der Waals surface area contributed by atoms with E-state index in [-0.39, 0.29) is 84.0 Å². The second kappa shape index (κ2) is 24.3. The van der Waals surface area contributed by atoms with E-state index >= 15 is 0 Å². The number of aryl methyl sites for hydroxylation is 1. The van der Waals surface area contributed by atoms with E-state index in [1.165, 1.54) is 54.4 Å². The standard InChI is InChI=1S/C53H62FN11O9S2/c1-7-76(72,73)64-39-21-17-35(24-41(39)74-31(3)33-15-19-37(54)20-16-33)45-44(48(55)68)49(63-62-45)60-42-22-18-36(27-57-42)50(69)56-23-9-8-10-43(67)61-47(53(4,5)6)52(71)65-28-38(66)25-40(65)51(70)58-26-32-11-13-34(14-12-32)46-30(2)59-29-75-46/h11-22,24,27,29,31,38,40,47,64,66H,7-10,23,25-26,28H2,1-6H3,(H2,55,68)(H,56,69)(H,58,70)(H,61,67)(H2,57,60,62,63)/t31-,38-,40+,47-/m0/s1. The first kappa shape index (κ1) is 56.0. The van der Waals surface area contributed by atoms with Crippen LogP contribution in [-0.2, 0) is 31.0 Å². The SMILES string of the molecule is CCS(=O)(=O)Nc1ccc(-c2[nH]nc(Nc3ccc(C(=O)NCCCCC(=O)N[C@@H](C(=O)N4C[C@@H](O)C[C@@H]4C(=O)NCc4ccc(-c5scnc5C)cc4)C(C)(C)C)cn3)c2C(N)=O)cc1O[C@@H](C)c1ccc(F)cc1. The molecule has 5 amide bonds. The van der Waals surface area contributed by atoms with Gasteiger partial charge in [0.05, 0.1) is 44.9 Å². The van der Waals surface area contributed by atoms with Gasteiger partial charge in [0.1, 0.15) is 41.1 Å². The molecule has 1 fully saturated rings. The summed E-state index contributed by atoms with van der Waals surface area (Å²) in [4.78, 5) is 77.8. The fraction of sp³-hybridized carbons (Fsp3) is 0.358. The fourth-order valence-electron chi connectivity index (χ4n) is 8.42. The van der Waals surface area contributed by atoms with Gasteiger partial charge in [0.2, 0.25) is 27.7 Å². The Hall–Kier alpha value is -7.76. The van der Waals surface area contributed by atoms with Crippen molar-refractivity contribution in [1.29, 1.82) is 0 Å². The van der Waals surface area contributed by atoms with Crippen LogP contribution in [0.25, 0.3) is 21.7 Å². The summed E-state index contributed by atoms with van der Waals surface area (Å²) in [6, 6.07) is 19.1. The van der Waals surface area contributed by atoms with Crippen LogP contribution in [0.5, 0.6) is 5.75 Å². The molecule has 0 saturated carbocycles. The molecule has 9 N–H and O–H groups in total. The van der Waals surface area contributed by atoms with Crippen molar-refractivity contribution in [1.82, 2.24) is 41.0 Å². The quantitative estimate of drug-likeness (QED) is 0.0338. The number of thiazole rings is 1. The highest BCUT2D eigenvalue weighted by Crippen LogP contribution is 2.37. The topological polar surface area (TPSA) is 293 Å². The number of primary amides is 1. The maximum absolute atomic E-state index is 14.1. The van der Waals surface area contributed by atoms with E-state index in [4.69, 9.17) is 10.5 Å². The van der Waals surface area contributed by atoms with Crippen LogP contribution in [0.15, 0.2) is 90.6 Å². The van der Waals surface area contributed by atoms with E-state index in [2.05, 4.69) is 46.2 Å². The van der Waals surface area contributed by atoms with Gasteiger partial charge in [0, 0.05) is 44.2 Å². The molecular formula is C53H62FN11O9S2. The lowest BCUT2D eigenvalue weighted by molar-refractivity contribution is -0.144. The van der Waals surface area contributed by atoms with Gasteiger partial charge in [-0.05, 0) is 92.1 Å². The Morgan fingerprint density at radius 1 is 0.974 bits per heavy atom. The Labute approximate surface area is 443 Å². The van der Waals surface area contributed by atoms with Crippen LogP contribution in [0, 0.1) is 18.2 Å². The second-order valence-electron chi connectivity index (χ2n) is 19.4. The number of aromatic amines is 1. The first-order valence-corrected chi connectivity index (χ1v) is 27.1. The molecule has 0 aliphatic carbocycles. The van der Waals surface area contributed by atoms with Gasteiger partial charge in [-0.2, -0.15) is 5.10 Å². The number of aromatic nitrogens is 4. The number of halogens is 1. The molecule has 402 valence electrons. The molecule has 6 aromatic rings. The Morgan fingerprint density at radius 2 is 1.70 bits per heavy atom. The summed E-state index contributed by atoms with van der Waals surface area (Å²) in [6.07, 6.45) is 0.715. The monoisotopic (exact) mass is 1080 g/mol. The van der Waals surface area contributed by atoms with Crippen LogP contribution in [0.2, 0.25) is 0 Å². The summed E-state index contributed by atoms with van der Waals surface area (Å²) in [5.74, 6) is -2.81. The van der Waals surface area contributed by atoms with Gasteiger partial charge in [-0.25, -0.2) is 22.8 Å². The predicted molar refractivity (Wildman–Crippen MR) is 286 cm³/mol. The normalized spacial score (nSPS) is 15.3. The van der Waals surface area contributed by atoms with Gasteiger partial charge >= 0.3 is 0 Å². The number of likely N-dealkylation sites (tertiary alicyclic amines) is 1. The second-order valence-corrected chi connectivity index (χ2v) is 22.3. The molecule has 0 radical (unpaired) electrons. The number of carbonyl (C=O) groups is 5. The minimum absolute atomic E-state index is 0.0193. The van der Waals surface area contributed by atoms with Crippen molar-refractivity contribution in [2.24, 2.45) is 11.1 Å². The lowest BCUT2D eigenvalue weighted by Crippen LogP contribution is -2.57. The lowest BCUT2D eigenvalue weighted by atomic mass is 9.85. The molecule has 76 heavy (non-hydrogen) atoms. The summed E-state index contributed by atoms with van der Waals surface area (Å²) in [7, 11) is -3.73. The number of unbranched alkanes of at least 4 members (excludes halogenated alkanes) is 1. The number of nitrogens with two attached hydrogens (primary N) is 1. The highest BCUT2D eigenvalue weighted by Gasteiger charge is 2.44. The van der Waals surface area contributed by atoms with E-state index in [1.807, 2.05) is 52.0 Å². The Bertz CT molecular complexity index is 3160. The average Bonchev–Trinajstić information content (AvgIpc) is 4.13. The smallest absolute Gasteiger partial charge is 0.254 e. The number of amides is 5. The van der Waals surface area contributed by atoms with Gasteiger partial charge < -0.3 is 41.7 Å². The number of aliphatic hydroxyl groups excluding tert-OH is 1. The van der Waals surface area contributed by atoms with Gasteiger partial charge in [0.15, 0.2) is 5.82 Å². The molecule has 4 heterocycles. The summed E-state index contributed by atoms with van der Waals surface area (Å²) in [6.45, 7) is 11.0. The van der Waals surface area contributed by atoms with Crippen molar-refractivity contribution in [3.63, 3.8) is 0 Å². The zero-order chi connectivity index (χ0) is 54.9. The number of nitrogens with zero attached hydrogens (tertiary/aromatic N) is 4. The minimum atomic E-state index is -3.73. The first-order chi connectivity index (χ1) is 36.1. The van der Waals surface area contributed by atoms with Crippen LogP contribution in [0.1, 0.15) is 104 Å². The molecule has 0 spiro atoms. The maximum Gasteiger partial charge on any atom is 0.254 e. The number of rotatable bonds is 22. The highest BCUT2D eigenvalue weighted by atomic mass is 32.2. The summed E-state index contributed by atoms with van der Waals surface area (Å²) in [5.41, 5.74) is 11.2. The van der Waals surface area contributed by atoms with Crippen LogP contribution in [0.3, 0.4) is 0 Å². The van der Waals surface area contributed by atoms with E-state index in [0.717, 1.165) is 21.7 Å². The fourth-order valence-corrected chi connectivity index (χ4v) is 9.88. The number of benzene rings is 3. The molecule has 3 aromatic heterocycles. The number of sulfonamides is 1. The molecule has 7 rings (SSSR count). The van der Waals surface area contributed by atoms with Gasteiger partial charge in [-0.3, -0.25) is 33.8 Å². The summed E-state index contributed by atoms with van der Waals surface area (Å²) in [5, 5.41) is 29.2. The average molecular weight is 1080 g/mol. The number of ether oxygens (including phenoxy) is 1. The Balaban J connectivity index is 0.898. The van der Waals surface area contributed by atoms with Crippen LogP contribution < -0.4 is 36.5 Å². The van der Waals surface area contributed by atoms with Crippen LogP contribution >= 0.6 is 11.3 Å². The van der Waals surface area contributed by atoms with Crippen molar-refractivity contribution < 1.29 is 46.6 Å². The molecule has 4 atom stereocenters. The number of H-pyrrole nitrogens is 1. The molecule has 1 aliphatic heterocycles. The minimum Gasteiger partial charge on any atom is -0.484 e. The van der Waals surface area contributed by atoms with Crippen molar-refractivity contribution in [3.05, 3.63) is 124 Å². The van der Waals surface area contributed by atoms with E-state index < -0.39 is 69.2 Å². The Kier molecular flexibility index (Phi) is 17.9. The number of carbonyl (C=O) groups excluding carboxylic acids is 5. The van der Waals surface area contributed by atoms with Crippen LogP contribution in [0.4, 0.5) is 21.7 Å². The Morgan fingerprint density at radius 3 is 2.34 bits per heavy atom. The molecule has 1 aliphatic rings. The number of nitrogens with one attached hydrogen (secondary N) is 6. The number of hydrogen-bond acceptors (Lipinski definition) is 14. The number of hydrogen-bond donors (Lipinski definition) is 8. The molecule has 1 saturated heterocycles. The number of anilines is 3. The van der Waals surface area contributed by atoms with Crippen molar-refractivity contribution in [2.75, 3.05) is 28.9 Å². The summed E-state index contributed by atoms with van der Waals surface area (Å²) < 4.78 is 47.4. The first-order valence-electron chi connectivity index (χ1n) is 24.6. The van der Waals surface area contributed by atoms with Crippen molar-refractivity contribution >= 4 is 68.2 Å². The highest BCUT2D eigenvalue weighted by molar-refractivity contribution is 7.92. The third kappa shape index (κ3) is 14.1. The van der Waals surface area contributed by atoms with E-state index in [1.54, 1.807) is 42.0 Å². The summed E-state index contributed by atoms with van der Waals surface area (Å²) >= 11 is 1.55.